The van der Waals surface area contributed by atoms with Crippen LogP contribution in [-0.2, 0) is 11.2 Å². The number of hydrogen-bond donors (Lipinski definition) is 3. The number of thiazole rings is 1. The highest BCUT2D eigenvalue weighted by atomic mass is 35.5. The van der Waals surface area contributed by atoms with Crippen LogP contribution in [0.25, 0.3) is 10.6 Å². The molecule has 0 saturated carbocycles. The van der Waals surface area contributed by atoms with Crippen LogP contribution in [0.1, 0.15) is 5.69 Å². The molecule has 3 N–H and O–H groups in total. The van der Waals surface area contributed by atoms with Crippen LogP contribution >= 0.6 is 22.9 Å². The lowest BCUT2D eigenvalue weighted by molar-refractivity contribution is -0.115. The van der Waals surface area contributed by atoms with Gasteiger partial charge in [0.15, 0.2) is 0 Å². The second-order valence-electron chi connectivity index (χ2n) is 5.63. The van der Waals surface area contributed by atoms with Gasteiger partial charge >= 0.3 is 6.03 Å². The molecule has 27 heavy (non-hydrogen) atoms. The summed E-state index contributed by atoms with van der Waals surface area (Å²) in [5, 5.41) is 11.2. The largest absolute Gasteiger partial charge is 0.341 e. The van der Waals surface area contributed by atoms with E-state index in [2.05, 4.69) is 20.9 Å². The molecule has 2 aromatic carbocycles. The van der Waals surface area contributed by atoms with Crippen molar-refractivity contribution < 1.29 is 9.59 Å². The van der Waals surface area contributed by atoms with Crippen LogP contribution in [0, 0.1) is 0 Å². The van der Waals surface area contributed by atoms with Crippen molar-refractivity contribution in [2.45, 2.75) is 6.42 Å². The number of nitrogens with one attached hydrogen (secondary N) is 3. The van der Waals surface area contributed by atoms with Gasteiger partial charge in [-0.3, -0.25) is 4.79 Å². The fraction of sp³-hybridized carbons (Fsp3) is 0.105. The number of urea groups is 1. The average Bonchev–Trinajstić information content (AvgIpc) is 3.11. The summed E-state index contributed by atoms with van der Waals surface area (Å²) in [5.74, 6) is -0.169. The molecule has 138 valence electrons. The van der Waals surface area contributed by atoms with Gasteiger partial charge in [-0.05, 0) is 30.3 Å². The van der Waals surface area contributed by atoms with Crippen molar-refractivity contribution in [2.75, 3.05) is 17.7 Å². The zero-order valence-corrected chi connectivity index (χ0v) is 16.0. The fourth-order valence-corrected chi connectivity index (χ4v) is 3.49. The van der Waals surface area contributed by atoms with E-state index in [1.54, 1.807) is 31.3 Å². The lowest BCUT2D eigenvalue weighted by Gasteiger charge is -2.07. The van der Waals surface area contributed by atoms with Crippen molar-refractivity contribution in [1.29, 1.82) is 0 Å². The van der Waals surface area contributed by atoms with E-state index in [0.717, 1.165) is 10.6 Å². The molecule has 1 aromatic heterocycles. The van der Waals surface area contributed by atoms with E-state index in [1.165, 1.54) is 11.3 Å². The number of rotatable bonds is 5. The summed E-state index contributed by atoms with van der Waals surface area (Å²) in [6.07, 6.45) is 0.166. The Balaban J connectivity index is 1.60. The third-order valence-electron chi connectivity index (χ3n) is 3.65. The molecular weight excluding hydrogens is 384 g/mol. The Hall–Kier alpha value is -2.90. The second kappa shape index (κ2) is 8.66. The van der Waals surface area contributed by atoms with Crippen LogP contribution in [0.2, 0.25) is 5.02 Å². The van der Waals surface area contributed by atoms with E-state index in [9.17, 15) is 9.59 Å². The first-order valence-corrected chi connectivity index (χ1v) is 9.39. The molecule has 0 spiro atoms. The molecule has 6 nitrogen and oxygen atoms in total. The van der Waals surface area contributed by atoms with Crippen molar-refractivity contribution in [3.8, 4) is 10.6 Å². The van der Waals surface area contributed by atoms with Crippen LogP contribution in [0.5, 0.6) is 0 Å². The van der Waals surface area contributed by atoms with Crippen molar-refractivity contribution in [1.82, 2.24) is 10.3 Å². The summed E-state index contributed by atoms with van der Waals surface area (Å²) < 4.78 is 0. The van der Waals surface area contributed by atoms with Gasteiger partial charge in [-0.1, -0.05) is 29.8 Å². The Morgan fingerprint density at radius 3 is 2.37 bits per heavy atom. The molecule has 8 heteroatoms. The molecular formula is C19H17ClN4O2S. The number of benzene rings is 2. The summed E-state index contributed by atoms with van der Waals surface area (Å²) in [6.45, 7) is 0. The molecule has 3 aromatic rings. The van der Waals surface area contributed by atoms with Crippen molar-refractivity contribution in [3.05, 3.63) is 64.6 Å². The van der Waals surface area contributed by atoms with Gasteiger partial charge in [-0.15, -0.1) is 11.3 Å². The minimum absolute atomic E-state index is 0.166. The maximum atomic E-state index is 12.3. The maximum absolute atomic E-state index is 12.3. The monoisotopic (exact) mass is 400 g/mol. The van der Waals surface area contributed by atoms with E-state index >= 15 is 0 Å². The maximum Gasteiger partial charge on any atom is 0.318 e. The second-order valence-corrected chi connectivity index (χ2v) is 6.90. The number of carbonyl (C=O) groups excluding carboxylic acids is 2. The zero-order chi connectivity index (χ0) is 19.2. The molecule has 0 saturated heterocycles. The number of amides is 3. The molecule has 0 fully saturated rings. The van der Waals surface area contributed by atoms with Gasteiger partial charge in [0.25, 0.3) is 0 Å². The first-order valence-electron chi connectivity index (χ1n) is 8.13. The van der Waals surface area contributed by atoms with E-state index in [4.69, 9.17) is 11.6 Å². The normalized spacial score (nSPS) is 10.3. The van der Waals surface area contributed by atoms with Gasteiger partial charge in [-0.2, -0.15) is 0 Å². The number of hydrogen-bond acceptors (Lipinski definition) is 4. The first kappa shape index (κ1) is 18.9. The van der Waals surface area contributed by atoms with E-state index < -0.39 is 0 Å². The molecule has 3 rings (SSSR count). The van der Waals surface area contributed by atoms with Crippen LogP contribution < -0.4 is 16.0 Å². The van der Waals surface area contributed by atoms with Gasteiger partial charge < -0.3 is 16.0 Å². The molecule has 0 unspecified atom stereocenters. The third kappa shape index (κ3) is 5.06. The summed E-state index contributed by atoms with van der Waals surface area (Å²) in [5.41, 5.74) is 2.82. The Bertz CT molecular complexity index is 956. The summed E-state index contributed by atoms with van der Waals surface area (Å²) in [7, 11) is 1.54. The lowest BCUT2D eigenvalue weighted by atomic mass is 10.2. The smallest absolute Gasteiger partial charge is 0.318 e. The standard InChI is InChI=1S/C19H17ClN4O2S/c1-21-19(26)24-13-8-6-12(7-9-13)22-17(25)10-14-11-27-18(23-14)15-4-2-3-5-16(15)20/h2-9,11H,10H2,1H3,(H,22,25)(H2,21,24,26). The minimum Gasteiger partial charge on any atom is -0.341 e. The topological polar surface area (TPSA) is 83.1 Å². The number of anilines is 2. The fourth-order valence-electron chi connectivity index (χ4n) is 2.35. The van der Waals surface area contributed by atoms with Crippen molar-refractivity contribution in [2.24, 2.45) is 0 Å². The predicted octanol–water partition coefficient (Wildman–Crippen LogP) is 4.40. The van der Waals surface area contributed by atoms with Gasteiger partial charge in [0, 0.05) is 29.4 Å². The lowest BCUT2D eigenvalue weighted by Crippen LogP contribution is -2.24. The van der Waals surface area contributed by atoms with Crippen molar-refractivity contribution in [3.63, 3.8) is 0 Å². The highest BCUT2D eigenvalue weighted by molar-refractivity contribution is 7.13. The molecule has 0 aliphatic carbocycles. The van der Waals surface area contributed by atoms with Crippen LogP contribution in [-0.4, -0.2) is 24.0 Å². The SMILES string of the molecule is CNC(=O)Nc1ccc(NC(=O)Cc2csc(-c3ccccc3Cl)n2)cc1. The highest BCUT2D eigenvalue weighted by Gasteiger charge is 2.11. The number of aromatic nitrogens is 1. The molecule has 0 atom stereocenters. The summed E-state index contributed by atoms with van der Waals surface area (Å²) in [4.78, 5) is 28.0. The quantitative estimate of drug-likeness (QED) is 0.593. The molecule has 1 heterocycles. The molecule has 0 bridgehead atoms. The average molecular weight is 401 g/mol. The Labute approximate surface area is 165 Å². The molecule has 0 aliphatic heterocycles. The van der Waals surface area contributed by atoms with E-state index in [0.29, 0.717) is 22.1 Å². The van der Waals surface area contributed by atoms with Gasteiger partial charge in [-0.25, -0.2) is 9.78 Å². The molecule has 0 radical (unpaired) electrons. The van der Waals surface area contributed by atoms with E-state index in [-0.39, 0.29) is 18.4 Å². The minimum atomic E-state index is -0.301. The zero-order valence-electron chi connectivity index (χ0n) is 14.5. The first-order chi connectivity index (χ1) is 13.0. The number of halogens is 1. The van der Waals surface area contributed by atoms with Gasteiger partial charge in [0.2, 0.25) is 5.91 Å². The Morgan fingerprint density at radius 2 is 1.70 bits per heavy atom. The number of nitrogens with zero attached hydrogens (tertiary/aromatic N) is 1. The predicted molar refractivity (Wildman–Crippen MR) is 109 cm³/mol. The van der Waals surface area contributed by atoms with Gasteiger partial charge in [0.05, 0.1) is 17.1 Å². The molecule has 0 aliphatic rings. The number of carbonyl (C=O) groups is 2. The Kier molecular flexibility index (Phi) is 6.05. The highest BCUT2D eigenvalue weighted by Crippen LogP contribution is 2.30. The van der Waals surface area contributed by atoms with Crippen LogP contribution in [0.3, 0.4) is 0 Å². The van der Waals surface area contributed by atoms with E-state index in [1.807, 2.05) is 29.6 Å². The van der Waals surface area contributed by atoms with Gasteiger partial charge in [0.1, 0.15) is 5.01 Å². The van der Waals surface area contributed by atoms with Crippen LogP contribution in [0.4, 0.5) is 16.2 Å². The third-order valence-corrected chi connectivity index (χ3v) is 4.91. The Morgan fingerprint density at radius 1 is 1.04 bits per heavy atom. The summed E-state index contributed by atoms with van der Waals surface area (Å²) >= 11 is 7.64. The molecule has 3 amide bonds. The summed E-state index contributed by atoms with van der Waals surface area (Å²) in [6, 6.07) is 14.0. The van der Waals surface area contributed by atoms with Crippen molar-refractivity contribution >= 4 is 46.3 Å². The van der Waals surface area contributed by atoms with Crippen LogP contribution in [0.15, 0.2) is 53.9 Å².